The van der Waals surface area contributed by atoms with Gasteiger partial charge in [-0.3, -0.25) is 4.79 Å². The van der Waals surface area contributed by atoms with Crippen LogP contribution in [0.2, 0.25) is 5.02 Å². The molecule has 1 fully saturated rings. The van der Waals surface area contributed by atoms with Crippen molar-refractivity contribution >= 4 is 33.5 Å². The fourth-order valence-corrected chi connectivity index (χ4v) is 4.68. The summed E-state index contributed by atoms with van der Waals surface area (Å²) in [5, 5.41) is 3.15. The second-order valence-corrected chi connectivity index (χ2v) is 9.28. The number of hydrogen-bond donors (Lipinski definition) is 1. The van der Waals surface area contributed by atoms with Crippen LogP contribution in [-0.4, -0.2) is 50.8 Å². The third kappa shape index (κ3) is 5.21. The number of rotatable bonds is 6. The highest BCUT2D eigenvalue weighted by Gasteiger charge is 2.35. The van der Waals surface area contributed by atoms with Crippen molar-refractivity contribution in [3.05, 3.63) is 29.3 Å². The van der Waals surface area contributed by atoms with Gasteiger partial charge in [0.05, 0.1) is 17.9 Å². The van der Waals surface area contributed by atoms with Crippen LogP contribution in [0.1, 0.15) is 26.7 Å². The van der Waals surface area contributed by atoms with Crippen molar-refractivity contribution in [1.82, 2.24) is 9.62 Å². The SMILES string of the molecule is COC(=O)[C@@H](NC(=O)[C@@H]1CCCN(S(=O)(=O)c2ccc(Cl)cc2)C1)C(C)C. The molecule has 7 nitrogen and oxygen atoms in total. The molecule has 0 unspecified atom stereocenters. The molecule has 0 bridgehead atoms. The van der Waals surface area contributed by atoms with Crippen molar-refractivity contribution in [2.24, 2.45) is 11.8 Å². The van der Waals surface area contributed by atoms with Gasteiger partial charge in [0.1, 0.15) is 6.04 Å². The Bertz CT molecular complexity index is 779. The van der Waals surface area contributed by atoms with E-state index in [4.69, 9.17) is 16.3 Å². The van der Waals surface area contributed by atoms with E-state index in [0.717, 1.165) is 0 Å². The Labute approximate surface area is 165 Å². The van der Waals surface area contributed by atoms with Crippen LogP contribution < -0.4 is 5.32 Å². The second kappa shape index (κ2) is 9.03. The summed E-state index contributed by atoms with van der Waals surface area (Å²) in [7, 11) is -2.44. The number of nitrogens with one attached hydrogen (secondary N) is 1. The lowest BCUT2D eigenvalue weighted by molar-refractivity contribution is -0.147. The van der Waals surface area contributed by atoms with Gasteiger partial charge in [-0.1, -0.05) is 25.4 Å². The Morgan fingerprint density at radius 3 is 2.44 bits per heavy atom. The number of halogens is 1. The van der Waals surface area contributed by atoms with Gasteiger partial charge in [-0.15, -0.1) is 0 Å². The van der Waals surface area contributed by atoms with Gasteiger partial charge in [0.25, 0.3) is 0 Å². The Kier molecular flexibility index (Phi) is 7.25. The zero-order chi connectivity index (χ0) is 20.2. The summed E-state index contributed by atoms with van der Waals surface area (Å²) in [6.07, 6.45) is 1.12. The number of carbonyl (C=O) groups excluding carboxylic acids is 2. The number of amides is 1. The Balaban J connectivity index is 2.11. The average molecular weight is 417 g/mol. The lowest BCUT2D eigenvalue weighted by atomic mass is 9.97. The monoisotopic (exact) mass is 416 g/mol. The largest absolute Gasteiger partial charge is 0.467 e. The van der Waals surface area contributed by atoms with E-state index in [1.807, 2.05) is 0 Å². The van der Waals surface area contributed by atoms with Gasteiger partial charge in [-0.2, -0.15) is 4.31 Å². The van der Waals surface area contributed by atoms with E-state index in [2.05, 4.69) is 5.32 Å². The number of nitrogens with zero attached hydrogens (tertiary/aromatic N) is 1. The van der Waals surface area contributed by atoms with Crippen LogP contribution in [0.4, 0.5) is 0 Å². The number of carbonyl (C=O) groups is 2. The number of esters is 1. The van der Waals surface area contributed by atoms with E-state index in [1.54, 1.807) is 13.8 Å². The zero-order valence-corrected chi connectivity index (χ0v) is 17.2. The van der Waals surface area contributed by atoms with Crippen molar-refractivity contribution < 1.29 is 22.7 Å². The molecule has 0 spiro atoms. The molecule has 0 aromatic heterocycles. The maximum absolute atomic E-state index is 12.8. The molecule has 27 heavy (non-hydrogen) atoms. The van der Waals surface area contributed by atoms with E-state index in [0.29, 0.717) is 24.4 Å². The smallest absolute Gasteiger partial charge is 0.328 e. The highest BCUT2D eigenvalue weighted by Crippen LogP contribution is 2.25. The van der Waals surface area contributed by atoms with Gasteiger partial charge in [0.2, 0.25) is 15.9 Å². The molecule has 1 aliphatic heterocycles. The first-order chi connectivity index (χ1) is 12.7. The summed E-state index contributed by atoms with van der Waals surface area (Å²) in [4.78, 5) is 24.6. The normalized spacial score (nSPS) is 19.5. The first-order valence-corrected chi connectivity index (χ1v) is 10.6. The Hall–Kier alpha value is -1.64. The predicted molar refractivity (Wildman–Crippen MR) is 102 cm³/mol. The first-order valence-electron chi connectivity index (χ1n) is 8.80. The molecular formula is C18H25ClN2O5S. The number of sulfonamides is 1. The van der Waals surface area contributed by atoms with Gasteiger partial charge in [-0.25, -0.2) is 13.2 Å². The number of piperidine rings is 1. The topological polar surface area (TPSA) is 92.8 Å². The fourth-order valence-electron chi connectivity index (χ4n) is 3.03. The fraction of sp³-hybridized carbons (Fsp3) is 0.556. The van der Waals surface area contributed by atoms with E-state index in [9.17, 15) is 18.0 Å². The van der Waals surface area contributed by atoms with Gasteiger partial charge in [-0.05, 0) is 43.0 Å². The molecule has 1 aliphatic rings. The molecule has 1 N–H and O–H groups in total. The summed E-state index contributed by atoms with van der Waals surface area (Å²) in [6, 6.07) is 5.19. The molecule has 2 rings (SSSR count). The first kappa shape index (κ1) is 21.7. The summed E-state index contributed by atoms with van der Waals surface area (Å²) in [6.45, 7) is 4.03. The lowest BCUT2D eigenvalue weighted by Gasteiger charge is -2.32. The minimum absolute atomic E-state index is 0.0722. The second-order valence-electron chi connectivity index (χ2n) is 6.91. The number of benzene rings is 1. The van der Waals surface area contributed by atoms with Gasteiger partial charge in [0.15, 0.2) is 0 Å². The highest BCUT2D eigenvalue weighted by atomic mass is 35.5. The van der Waals surface area contributed by atoms with Crippen molar-refractivity contribution in [1.29, 1.82) is 0 Å². The third-order valence-corrected chi connectivity index (χ3v) is 6.76. The Morgan fingerprint density at radius 2 is 1.89 bits per heavy atom. The minimum atomic E-state index is -3.71. The van der Waals surface area contributed by atoms with Crippen molar-refractivity contribution in [2.75, 3.05) is 20.2 Å². The molecule has 1 aromatic carbocycles. The zero-order valence-electron chi connectivity index (χ0n) is 15.6. The molecule has 1 saturated heterocycles. The van der Waals surface area contributed by atoms with Crippen molar-refractivity contribution in [2.45, 2.75) is 37.6 Å². The molecule has 9 heteroatoms. The van der Waals surface area contributed by atoms with Crippen molar-refractivity contribution in [3.8, 4) is 0 Å². The molecule has 2 atom stereocenters. The minimum Gasteiger partial charge on any atom is -0.467 e. The predicted octanol–water partition coefficient (Wildman–Crippen LogP) is 2.05. The van der Waals surface area contributed by atoms with Crippen LogP contribution in [0, 0.1) is 11.8 Å². The van der Waals surface area contributed by atoms with Crippen molar-refractivity contribution in [3.63, 3.8) is 0 Å². The molecule has 0 saturated carbocycles. The van der Waals surface area contributed by atoms with Crippen LogP contribution in [0.5, 0.6) is 0 Å². The van der Waals surface area contributed by atoms with Crippen LogP contribution in [0.15, 0.2) is 29.2 Å². The van der Waals surface area contributed by atoms with Crippen LogP contribution in [0.25, 0.3) is 0 Å². The van der Waals surface area contributed by atoms with Crippen LogP contribution >= 0.6 is 11.6 Å². The quantitative estimate of drug-likeness (QED) is 0.716. The van der Waals surface area contributed by atoms with E-state index in [-0.39, 0.29) is 23.3 Å². The third-order valence-electron chi connectivity index (χ3n) is 4.63. The number of hydrogen-bond acceptors (Lipinski definition) is 5. The van der Waals surface area contributed by atoms with E-state index < -0.39 is 28.0 Å². The van der Waals surface area contributed by atoms with Crippen LogP contribution in [-0.2, 0) is 24.3 Å². The molecule has 0 aliphatic carbocycles. The number of ether oxygens (including phenoxy) is 1. The molecule has 150 valence electrons. The Morgan fingerprint density at radius 1 is 1.26 bits per heavy atom. The lowest BCUT2D eigenvalue weighted by Crippen LogP contribution is -2.51. The van der Waals surface area contributed by atoms with E-state index >= 15 is 0 Å². The van der Waals surface area contributed by atoms with E-state index in [1.165, 1.54) is 35.7 Å². The summed E-state index contributed by atoms with van der Waals surface area (Å²) in [5.74, 6) is -1.51. The molecule has 1 heterocycles. The maximum Gasteiger partial charge on any atom is 0.328 e. The standard InChI is InChI=1S/C18H25ClN2O5S/c1-12(2)16(18(23)26-3)20-17(22)13-5-4-10-21(11-13)27(24,25)15-8-6-14(19)7-9-15/h6-9,12-13,16H,4-5,10-11H2,1-3H3,(H,20,22)/t13-,16+/m1/s1. The average Bonchev–Trinajstić information content (AvgIpc) is 2.65. The van der Waals surface area contributed by atoms with Gasteiger partial charge < -0.3 is 10.1 Å². The molecule has 0 radical (unpaired) electrons. The summed E-state index contributed by atoms with van der Waals surface area (Å²) < 4.78 is 31.7. The molecule has 1 aromatic rings. The van der Waals surface area contributed by atoms with Gasteiger partial charge >= 0.3 is 5.97 Å². The molecular weight excluding hydrogens is 392 g/mol. The molecule has 1 amide bonds. The summed E-state index contributed by atoms with van der Waals surface area (Å²) >= 11 is 5.82. The highest BCUT2D eigenvalue weighted by molar-refractivity contribution is 7.89. The number of methoxy groups -OCH3 is 1. The maximum atomic E-state index is 12.8. The van der Waals surface area contributed by atoms with Gasteiger partial charge in [0, 0.05) is 18.1 Å². The van der Waals surface area contributed by atoms with Crippen LogP contribution in [0.3, 0.4) is 0 Å². The summed E-state index contributed by atoms with van der Waals surface area (Å²) in [5.41, 5.74) is 0.